The van der Waals surface area contributed by atoms with Crippen LogP contribution in [0.3, 0.4) is 0 Å². The number of amides is 1. The fraction of sp³-hybridized carbons (Fsp3) is 0.263. The van der Waals surface area contributed by atoms with Gasteiger partial charge < -0.3 is 20.0 Å². The third-order valence-corrected chi connectivity index (χ3v) is 3.57. The second kappa shape index (κ2) is 8.15. The average molecular weight is 326 g/mol. The second-order valence-electron chi connectivity index (χ2n) is 5.79. The monoisotopic (exact) mass is 326 g/mol. The number of hydrogen-bond donors (Lipinski definition) is 1. The molecule has 126 valence electrons. The largest absolute Gasteiger partial charge is 0.548 e. The van der Waals surface area contributed by atoms with Crippen molar-refractivity contribution < 1.29 is 19.4 Å². The maximum atomic E-state index is 11.8. The van der Waals surface area contributed by atoms with E-state index < -0.39 is 17.9 Å². The summed E-state index contributed by atoms with van der Waals surface area (Å²) in [6.07, 6.45) is 0. The Balaban J connectivity index is 1.90. The summed E-state index contributed by atoms with van der Waals surface area (Å²) >= 11 is 0. The molecule has 0 saturated heterocycles. The molecule has 0 heterocycles. The average Bonchev–Trinajstić information content (AvgIpc) is 2.58. The van der Waals surface area contributed by atoms with Crippen LogP contribution in [0.2, 0.25) is 0 Å². The molecule has 0 bridgehead atoms. The molecule has 0 aliphatic rings. The van der Waals surface area contributed by atoms with E-state index in [1.165, 1.54) is 0 Å². The van der Waals surface area contributed by atoms with Gasteiger partial charge in [-0.3, -0.25) is 4.79 Å². The number of carbonyl (C=O) groups excluding carboxylic acids is 2. The maximum Gasteiger partial charge on any atom is 0.258 e. The van der Waals surface area contributed by atoms with Gasteiger partial charge in [-0.25, -0.2) is 0 Å². The highest BCUT2D eigenvalue weighted by molar-refractivity contribution is 5.83. The van der Waals surface area contributed by atoms with Crippen LogP contribution in [0.4, 0.5) is 0 Å². The van der Waals surface area contributed by atoms with Gasteiger partial charge in [-0.05, 0) is 29.2 Å². The summed E-state index contributed by atoms with van der Waals surface area (Å²) in [5, 5.41) is 13.4. The van der Waals surface area contributed by atoms with Gasteiger partial charge in [0.05, 0.1) is 12.0 Å². The maximum absolute atomic E-state index is 11.8. The molecule has 24 heavy (non-hydrogen) atoms. The first-order chi connectivity index (χ1) is 11.5. The van der Waals surface area contributed by atoms with E-state index in [-0.39, 0.29) is 12.5 Å². The summed E-state index contributed by atoms with van der Waals surface area (Å²) < 4.78 is 5.39. The van der Waals surface area contributed by atoms with Crippen molar-refractivity contribution >= 4 is 11.9 Å². The number of carbonyl (C=O) groups is 2. The Morgan fingerprint density at radius 3 is 2.12 bits per heavy atom. The third-order valence-electron chi connectivity index (χ3n) is 3.57. The van der Waals surface area contributed by atoms with E-state index in [9.17, 15) is 14.7 Å². The molecule has 0 spiro atoms. The zero-order valence-corrected chi connectivity index (χ0v) is 13.7. The smallest absolute Gasteiger partial charge is 0.258 e. The number of ether oxygens (including phenoxy) is 1. The second-order valence-corrected chi connectivity index (χ2v) is 5.79. The summed E-state index contributed by atoms with van der Waals surface area (Å²) in [6, 6.07) is 16.2. The highest BCUT2D eigenvalue weighted by atomic mass is 16.5. The highest BCUT2D eigenvalue weighted by Crippen LogP contribution is 2.21. The topological polar surface area (TPSA) is 78.5 Å². The van der Waals surface area contributed by atoms with Gasteiger partial charge in [-0.15, -0.1) is 0 Å². The molecule has 2 rings (SSSR count). The van der Waals surface area contributed by atoms with Gasteiger partial charge in [0.1, 0.15) is 5.75 Å². The Morgan fingerprint density at radius 1 is 1.00 bits per heavy atom. The van der Waals surface area contributed by atoms with Crippen molar-refractivity contribution in [3.8, 4) is 16.9 Å². The van der Waals surface area contributed by atoms with E-state index in [1.54, 1.807) is 26.0 Å². The van der Waals surface area contributed by atoms with E-state index in [0.29, 0.717) is 5.75 Å². The first kappa shape index (κ1) is 17.5. The molecule has 0 unspecified atom stereocenters. The van der Waals surface area contributed by atoms with Crippen LogP contribution in [0.1, 0.15) is 13.8 Å². The van der Waals surface area contributed by atoms with Crippen molar-refractivity contribution in [2.75, 3.05) is 6.61 Å². The molecular weight excluding hydrogens is 306 g/mol. The van der Waals surface area contributed by atoms with Crippen LogP contribution in [0, 0.1) is 5.92 Å². The van der Waals surface area contributed by atoms with E-state index in [2.05, 4.69) is 5.32 Å². The number of hydrogen-bond acceptors (Lipinski definition) is 4. The predicted octanol–water partition coefficient (Wildman–Crippen LogP) is 1.62. The molecular formula is C19H20NO4-. The minimum Gasteiger partial charge on any atom is -0.548 e. The number of benzene rings is 2. The fourth-order valence-electron chi connectivity index (χ4n) is 2.24. The molecule has 1 atom stereocenters. The van der Waals surface area contributed by atoms with E-state index in [0.717, 1.165) is 11.1 Å². The molecule has 2 aromatic rings. The van der Waals surface area contributed by atoms with E-state index >= 15 is 0 Å². The Morgan fingerprint density at radius 2 is 1.58 bits per heavy atom. The van der Waals surface area contributed by atoms with Gasteiger partial charge in [0, 0.05) is 0 Å². The molecule has 2 aromatic carbocycles. The molecule has 1 amide bonds. The SMILES string of the molecule is CC(C)[C@@H](NC(=O)COc1ccc(-c2ccccc2)cc1)C(=O)[O-]. The molecule has 0 aliphatic carbocycles. The molecule has 0 saturated carbocycles. The van der Waals surface area contributed by atoms with Crippen molar-refractivity contribution in [2.24, 2.45) is 5.92 Å². The van der Waals surface area contributed by atoms with Crippen LogP contribution in [0.25, 0.3) is 11.1 Å². The standard InChI is InChI=1S/C19H21NO4/c1-13(2)18(19(22)23)20-17(21)12-24-16-10-8-15(9-11-16)14-6-4-3-5-7-14/h3-11,13,18H,12H2,1-2H3,(H,20,21)(H,22,23)/p-1/t18-/m1/s1. The predicted molar refractivity (Wildman–Crippen MR) is 89.1 cm³/mol. The van der Waals surface area contributed by atoms with Gasteiger partial charge in [-0.2, -0.15) is 0 Å². The summed E-state index contributed by atoms with van der Waals surface area (Å²) in [6.45, 7) is 3.15. The number of aliphatic carboxylic acids is 1. The Kier molecular flexibility index (Phi) is 5.95. The van der Waals surface area contributed by atoms with Crippen LogP contribution >= 0.6 is 0 Å². The Bertz CT molecular complexity index is 680. The summed E-state index contributed by atoms with van der Waals surface area (Å²) in [5.74, 6) is -1.51. The van der Waals surface area contributed by atoms with Crippen molar-refractivity contribution in [1.82, 2.24) is 5.32 Å². The van der Waals surface area contributed by atoms with Crippen LogP contribution in [0.5, 0.6) is 5.75 Å². The lowest BCUT2D eigenvalue weighted by molar-refractivity contribution is -0.309. The third kappa shape index (κ3) is 4.84. The summed E-state index contributed by atoms with van der Waals surface area (Å²) in [4.78, 5) is 22.8. The zero-order valence-electron chi connectivity index (χ0n) is 13.7. The molecule has 0 aromatic heterocycles. The Labute approximate surface area is 141 Å². The van der Waals surface area contributed by atoms with Crippen LogP contribution < -0.4 is 15.2 Å². The van der Waals surface area contributed by atoms with Gasteiger partial charge >= 0.3 is 0 Å². The minimum absolute atomic E-state index is 0.249. The van der Waals surface area contributed by atoms with Crippen LogP contribution in [-0.4, -0.2) is 24.5 Å². The molecule has 5 nitrogen and oxygen atoms in total. The van der Waals surface area contributed by atoms with Crippen molar-refractivity contribution in [2.45, 2.75) is 19.9 Å². The zero-order chi connectivity index (χ0) is 17.5. The van der Waals surface area contributed by atoms with Gasteiger partial charge in [0.25, 0.3) is 5.91 Å². The molecule has 1 N–H and O–H groups in total. The first-order valence-electron chi connectivity index (χ1n) is 7.76. The van der Waals surface area contributed by atoms with Crippen molar-refractivity contribution in [3.63, 3.8) is 0 Å². The molecule has 0 radical (unpaired) electrons. The van der Waals surface area contributed by atoms with Gasteiger partial charge in [-0.1, -0.05) is 56.3 Å². The number of rotatable bonds is 7. The van der Waals surface area contributed by atoms with Crippen LogP contribution in [-0.2, 0) is 9.59 Å². The molecule has 5 heteroatoms. The van der Waals surface area contributed by atoms with Crippen LogP contribution in [0.15, 0.2) is 54.6 Å². The van der Waals surface area contributed by atoms with Gasteiger partial charge in [0.15, 0.2) is 6.61 Å². The molecule has 0 fully saturated rings. The van der Waals surface area contributed by atoms with E-state index in [4.69, 9.17) is 4.74 Å². The van der Waals surface area contributed by atoms with Crippen molar-refractivity contribution in [1.29, 1.82) is 0 Å². The summed E-state index contributed by atoms with van der Waals surface area (Å²) in [7, 11) is 0. The van der Waals surface area contributed by atoms with Crippen molar-refractivity contribution in [3.05, 3.63) is 54.6 Å². The number of carboxylic acid groups (broad SMARTS) is 1. The lowest BCUT2D eigenvalue weighted by Gasteiger charge is -2.23. The highest BCUT2D eigenvalue weighted by Gasteiger charge is 2.17. The molecule has 0 aliphatic heterocycles. The minimum atomic E-state index is -1.30. The number of carboxylic acids is 1. The quantitative estimate of drug-likeness (QED) is 0.839. The van der Waals surface area contributed by atoms with Gasteiger partial charge in [0.2, 0.25) is 0 Å². The summed E-state index contributed by atoms with van der Waals surface area (Å²) in [5.41, 5.74) is 2.14. The number of nitrogens with one attached hydrogen (secondary N) is 1. The normalized spacial score (nSPS) is 11.8. The Hall–Kier alpha value is -2.82. The first-order valence-corrected chi connectivity index (χ1v) is 7.76. The fourth-order valence-corrected chi connectivity index (χ4v) is 2.24. The lowest BCUT2D eigenvalue weighted by atomic mass is 10.1. The lowest BCUT2D eigenvalue weighted by Crippen LogP contribution is -2.51. The van der Waals surface area contributed by atoms with E-state index in [1.807, 2.05) is 42.5 Å².